The molecule has 6 heteroatoms. The van der Waals surface area contributed by atoms with Gasteiger partial charge >= 0.3 is 0 Å². The first-order chi connectivity index (χ1) is 16.2. The first-order valence-corrected chi connectivity index (χ1v) is 12.2. The van der Waals surface area contributed by atoms with Crippen LogP contribution in [0.3, 0.4) is 0 Å². The van der Waals surface area contributed by atoms with Crippen molar-refractivity contribution in [2.24, 2.45) is 0 Å². The van der Waals surface area contributed by atoms with Crippen molar-refractivity contribution >= 4 is 21.4 Å². The molecule has 1 aliphatic heterocycles. The van der Waals surface area contributed by atoms with Crippen molar-refractivity contribution in [2.45, 2.75) is 19.3 Å². The fourth-order valence-corrected chi connectivity index (χ4v) is 5.25. The number of thiophene rings is 1. The van der Waals surface area contributed by atoms with Gasteiger partial charge < -0.3 is 19.7 Å². The molecule has 0 spiro atoms. The van der Waals surface area contributed by atoms with E-state index in [-0.39, 0.29) is 11.5 Å². The van der Waals surface area contributed by atoms with Crippen LogP contribution in [0.5, 0.6) is 28.7 Å². The summed E-state index contributed by atoms with van der Waals surface area (Å²) < 4.78 is 13.0. The molecule has 0 saturated carbocycles. The predicted molar refractivity (Wildman–Crippen MR) is 133 cm³/mol. The lowest BCUT2D eigenvalue weighted by Crippen LogP contribution is -2.33. The number of hydrogen-bond donors (Lipinski definition) is 2. The quantitative estimate of drug-likeness (QED) is 0.323. The van der Waals surface area contributed by atoms with Gasteiger partial charge in [0.1, 0.15) is 23.9 Å². The number of piperidine rings is 1. The molecule has 0 amide bonds. The molecule has 2 heterocycles. The van der Waals surface area contributed by atoms with E-state index < -0.39 is 0 Å². The maximum absolute atomic E-state index is 10.4. The number of fused-ring (bicyclic) bond motifs is 1. The fourth-order valence-electron chi connectivity index (χ4n) is 4.16. The Morgan fingerprint density at radius 1 is 0.818 bits per heavy atom. The molecule has 1 aromatic heterocycles. The van der Waals surface area contributed by atoms with Crippen LogP contribution in [-0.4, -0.2) is 41.4 Å². The number of ether oxygens (including phenoxy) is 2. The monoisotopic (exact) mass is 461 g/mol. The molecule has 2 N–H and O–H groups in total. The summed E-state index contributed by atoms with van der Waals surface area (Å²) in [5, 5.41) is 21.9. The van der Waals surface area contributed by atoms with Gasteiger partial charge in [-0.15, -0.1) is 11.3 Å². The van der Waals surface area contributed by atoms with Crippen LogP contribution in [0.4, 0.5) is 0 Å². The highest BCUT2D eigenvalue weighted by Gasteiger charge is 2.15. The molecule has 0 aliphatic carbocycles. The van der Waals surface area contributed by atoms with Crippen molar-refractivity contribution < 1.29 is 19.7 Å². The summed E-state index contributed by atoms with van der Waals surface area (Å²) in [6, 6.07) is 20.5. The normalized spacial score (nSPS) is 14.4. The second-order valence-corrected chi connectivity index (χ2v) is 9.39. The summed E-state index contributed by atoms with van der Waals surface area (Å²) in [5.41, 5.74) is 0.627. The zero-order valence-corrected chi connectivity index (χ0v) is 19.2. The summed E-state index contributed by atoms with van der Waals surface area (Å²) in [7, 11) is 0. The molecule has 0 radical (unpaired) electrons. The van der Waals surface area contributed by atoms with Crippen LogP contribution in [0.1, 0.15) is 19.3 Å². The Balaban J connectivity index is 1.27. The van der Waals surface area contributed by atoms with E-state index in [0.717, 1.165) is 40.3 Å². The molecule has 33 heavy (non-hydrogen) atoms. The maximum Gasteiger partial charge on any atom is 0.169 e. The minimum Gasteiger partial charge on any atom is -0.507 e. The van der Waals surface area contributed by atoms with E-state index in [2.05, 4.69) is 11.0 Å². The van der Waals surface area contributed by atoms with E-state index in [1.165, 1.54) is 25.3 Å². The molecule has 1 fully saturated rings. The largest absolute Gasteiger partial charge is 0.507 e. The second kappa shape index (κ2) is 9.73. The molecule has 0 unspecified atom stereocenters. The van der Waals surface area contributed by atoms with Gasteiger partial charge in [0.2, 0.25) is 0 Å². The lowest BCUT2D eigenvalue weighted by atomic mass is 10.1. The van der Waals surface area contributed by atoms with Gasteiger partial charge in [-0.05, 0) is 73.8 Å². The van der Waals surface area contributed by atoms with Crippen LogP contribution >= 0.6 is 11.3 Å². The van der Waals surface area contributed by atoms with Crippen LogP contribution in [0.25, 0.3) is 20.5 Å². The number of nitrogens with zero attached hydrogens (tertiary/aromatic N) is 1. The third-order valence-electron chi connectivity index (χ3n) is 5.94. The predicted octanol–water partition coefficient (Wildman–Crippen LogP) is 6.64. The van der Waals surface area contributed by atoms with Crippen molar-refractivity contribution in [2.75, 3.05) is 26.2 Å². The van der Waals surface area contributed by atoms with Crippen LogP contribution < -0.4 is 9.47 Å². The van der Waals surface area contributed by atoms with Gasteiger partial charge in [-0.3, -0.25) is 4.90 Å². The first-order valence-electron chi connectivity index (χ1n) is 11.3. The van der Waals surface area contributed by atoms with Crippen LogP contribution in [0.15, 0.2) is 66.7 Å². The van der Waals surface area contributed by atoms with Gasteiger partial charge in [0.05, 0.1) is 0 Å². The highest BCUT2D eigenvalue weighted by Crippen LogP contribution is 2.44. The Kier molecular flexibility index (Phi) is 6.37. The Morgan fingerprint density at radius 2 is 1.58 bits per heavy atom. The maximum atomic E-state index is 10.4. The minimum atomic E-state index is -0.112. The molecular formula is C27H27NO4S. The average Bonchev–Trinajstić information content (AvgIpc) is 3.26. The number of hydrogen-bond acceptors (Lipinski definition) is 6. The van der Waals surface area contributed by atoms with E-state index in [0.29, 0.717) is 23.7 Å². The third-order valence-corrected chi connectivity index (χ3v) is 7.09. The van der Waals surface area contributed by atoms with Crippen molar-refractivity contribution in [3.05, 3.63) is 66.7 Å². The molecule has 4 aromatic rings. The smallest absolute Gasteiger partial charge is 0.169 e. The van der Waals surface area contributed by atoms with E-state index >= 15 is 0 Å². The zero-order valence-electron chi connectivity index (χ0n) is 18.4. The summed E-state index contributed by atoms with van der Waals surface area (Å²) in [5.74, 6) is 1.57. The highest BCUT2D eigenvalue weighted by atomic mass is 32.1. The minimum absolute atomic E-state index is 0.0175. The highest BCUT2D eigenvalue weighted by molar-refractivity contribution is 7.22. The molecule has 5 nitrogen and oxygen atoms in total. The SMILES string of the molecule is Oc1cc(O)c(-c2cc3ccccc3s2)cc1Oc1ccc(OCCN2CCCCC2)cc1. The van der Waals surface area contributed by atoms with Gasteiger partial charge in [-0.2, -0.15) is 0 Å². The number of benzene rings is 3. The first kappa shape index (κ1) is 21.6. The van der Waals surface area contributed by atoms with Crippen molar-refractivity contribution in [1.29, 1.82) is 0 Å². The summed E-state index contributed by atoms with van der Waals surface area (Å²) in [6.45, 7) is 3.93. The number of rotatable bonds is 7. The zero-order chi connectivity index (χ0) is 22.6. The van der Waals surface area contributed by atoms with Crippen molar-refractivity contribution in [1.82, 2.24) is 4.90 Å². The van der Waals surface area contributed by atoms with E-state index in [9.17, 15) is 10.2 Å². The van der Waals surface area contributed by atoms with Crippen molar-refractivity contribution in [3.8, 4) is 39.2 Å². The Labute approximate surface area is 197 Å². The topological polar surface area (TPSA) is 62.2 Å². The van der Waals surface area contributed by atoms with Crippen LogP contribution in [-0.2, 0) is 0 Å². The lowest BCUT2D eigenvalue weighted by Gasteiger charge is -2.26. The Morgan fingerprint density at radius 3 is 2.36 bits per heavy atom. The third kappa shape index (κ3) is 5.07. The van der Waals surface area contributed by atoms with Gasteiger partial charge in [0, 0.05) is 27.8 Å². The van der Waals surface area contributed by atoms with Crippen LogP contribution in [0.2, 0.25) is 0 Å². The molecule has 5 rings (SSSR count). The van der Waals surface area contributed by atoms with Crippen LogP contribution in [0, 0.1) is 0 Å². The van der Waals surface area contributed by atoms with E-state index in [4.69, 9.17) is 9.47 Å². The standard InChI is InChI=1S/C27H27NO4S/c29-23-18-24(30)25(17-22(23)27-16-19-6-2-3-7-26(19)33-27)32-21-10-8-20(9-11-21)31-15-14-28-12-4-1-5-13-28/h2-3,6-11,16-18,29-30H,1,4-5,12-15H2. The number of aromatic hydroxyl groups is 2. The number of phenols is 2. The number of likely N-dealkylation sites (tertiary alicyclic amines) is 1. The molecule has 1 saturated heterocycles. The average molecular weight is 462 g/mol. The molecule has 1 aliphatic rings. The summed E-state index contributed by atoms with van der Waals surface area (Å²) in [4.78, 5) is 3.36. The summed E-state index contributed by atoms with van der Waals surface area (Å²) in [6.07, 6.45) is 3.89. The lowest BCUT2D eigenvalue weighted by molar-refractivity contribution is 0.183. The van der Waals surface area contributed by atoms with Gasteiger partial charge in [-0.25, -0.2) is 0 Å². The van der Waals surface area contributed by atoms with E-state index in [1.807, 2.05) is 48.5 Å². The Hall–Kier alpha value is -3.22. The molecule has 3 aromatic carbocycles. The molecular weight excluding hydrogens is 434 g/mol. The second-order valence-electron chi connectivity index (χ2n) is 8.31. The number of phenolic OH excluding ortho intramolecular Hbond substituents is 2. The van der Waals surface area contributed by atoms with E-state index in [1.54, 1.807) is 17.4 Å². The summed E-state index contributed by atoms with van der Waals surface area (Å²) >= 11 is 1.59. The molecule has 170 valence electrons. The Bertz CT molecular complexity index is 1200. The van der Waals surface area contributed by atoms with Crippen molar-refractivity contribution in [3.63, 3.8) is 0 Å². The van der Waals surface area contributed by atoms with Gasteiger partial charge in [0.15, 0.2) is 11.5 Å². The fraction of sp³-hybridized carbons (Fsp3) is 0.259. The van der Waals surface area contributed by atoms with Gasteiger partial charge in [-0.1, -0.05) is 24.6 Å². The molecule has 0 bridgehead atoms. The van der Waals surface area contributed by atoms with Gasteiger partial charge in [0.25, 0.3) is 0 Å². The molecule has 0 atom stereocenters.